The predicted octanol–water partition coefficient (Wildman–Crippen LogP) is 1.81. The van der Waals surface area contributed by atoms with E-state index in [0.717, 1.165) is 13.0 Å². The second kappa shape index (κ2) is 4.52. The molecule has 0 aromatic heterocycles. The molecule has 0 radical (unpaired) electrons. The molecule has 15 heavy (non-hydrogen) atoms. The van der Waals surface area contributed by atoms with E-state index in [0.29, 0.717) is 6.42 Å². The van der Waals surface area contributed by atoms with E-state index in [-0.39, 0.29) is 16.9 Å². The molecule has 0 aromatic rings. The van der Waals surface area contributed by atoms with Crippen molar-refractivity contribution in [2.24, 2.45) is 11.1 Å². The minimum absolute atomic E-state index is 0.0775. The molecule has 0 bridgehead atoms. The molecule has 1 fully saturated rings. The fraction of sp³-hybridized carbons (Fsp3) is 0.917. The van der Waals surface area contributed by atoms with Gasteiger partial charge in [-0.1, -0.05) is 33.6 Å². The Balaban J connectivity index is 2.89. The lowest BCUT2D eigenvalue weighted by atomic mass is 9.61. The Bertz CT molecular complexity index is 234. The van der Waals surface area contributed by atoms with E-state index in [1.165, 1.54) is 19.3 Å². The van der Waals surface area contributed by atoms with Crippen LogP contribution < -0.4 is 11.1 Å². The summed E-state index contributed by atoms with van der Waals surface area (Å²) in [6.07, 6.45) is 5.17. The lowest BCUT2D eigenvalue weighted by Crippen LogP contribution is -2.59. The van der Waals surface area contributed by atoms with Gasteiger partial charge in [0.1, 0.15) is 0 Å². The molecule has 1 rings (SSSR count). The summed E-state index contributed by atoms with van der Waals surface area (Å²) in [5.41, 5.74) is 5.47. The van der Waals surface area contributed by atoms with E-state index in [4.69, 9.17) is 5.73 Å². The second-order valence-corrected chi connectivity index (χ2v) is 5.35. The van der Waals surface area contributed by atoms with Gasteiger partial charge in [-0.05, 0) is 24.8 Å². The van der Waals surface area contributed by atoms with Crippen molar-refractivity contribution in [3.8, 4) is 0 Å². The summed E-state index contributed by atoms with van der Waals surface area (Å²) in [4.78, 5) is 11.2. The molecule has 1 atom stereocenters. The first kappa shape index (κ1) is 12.5. The van der Waals surface area contributed by atoms with Crippen LogP contribution in [0.5, 0.6) is 0 Å². The molecule has 1 aliphatic carbocycles. The number of rotatable bonds is 4. The average Bonchev–Trinajstić information content (AvgIpc) is 2.09. The van der Waals surface area contributed by atoms with Crippen LogP contribution in [0.15, 0.2) is 0 Å². The summed E-state index contributed by atoms with van der Waals surface area (Å²) in [6.45, 7) is 7.49. The highest BCUT2D eigenvalue weighted by Crippen LogP contribution is 2.45. The third-order valence-electron chi connectivity index (χ3n) is 3.94. The SMILES string of the molecule is CCNC1(CC(N)=O)CCCCC1(C)C. The topological polar surface area (TPSA) is 55.1 Å². The van der Waals surface area contributed by atoms with Gasteiger partial charge in [0.2, 0.25) is 5.91 Å². The second-order valence-electron chi connectivity index (χ2n) is 5.35. The zero-order valence-corrected chi connectivity index (χ0v) is 10.2. The molecule has 1 aliphatic rings. The molecular weight excluding hydrogens is 188 g/mol. The number of amides is 1. The highest BCUT2D eigenvalue weighted by atomic mass is 16.1. The first-order valence-corrected chi connectivity index (χ1v) is 5.97. The normalized spacial score (nSPS) is 30.1. The van der Waals surface area contributed by atoms with E-state index >= 15 is 0 Å². The van der Waals surface area contributed by atoms with E-state index in [2.05, 4.69) is 26.1 Å². The van der Waals surface area contributed by atoms with E-state index < -0.39 is 0 Å². The van der Waals surface area contributed by atoms with E-state index in [1.807, 2.05) is 0 Å². The molecular formula is C12H24N2O. The Hall–Kier alpha value is -0.570. The van der Waals surface area contributed by atoms with Crippen LogP contribution in [0, 0.1) is 5.41 Å². The summed E-state index contributed by atoms with van der Waals surface area (Å²) in [7, 11) is 0. The fourth-order valence-corrected chi connectivity index (χ4v) is 2.93. The monoisotopic (exact) mass is 212 g/mol. The molecule has 1 unspecified atom stereocenters. The maximum Gasteiger partial charge on any atom is 0.219 e. The van der Waals surface area contributed by atoms with Crippen LogP contribution in [0.3, 0.4) is 0 Å². The third-order valence-corrected chi connectivity index (χ3v) is 3.94. The minimum atomic E-state index is -0.189. The maximum absolute atomic E-state index is 11.2. The van der Waals surface area contributed by atoms with Crippen LogP contribution in [0.25, 0.3) is 0 Å². The van der Waals surface area contributed by atoms with Crippen LogP contribution >= 0.6 is 0 Å². The zero-order valence-electron chi connectivity index (χ0n) is 10.2. The van der Waals surface area contributed by atoms with Gasteiger partial charge in [0, 0.05) is 12.0 Å². The molecule has 3 heteroatoms. The van der Waals surface area contributed by atoms with Gasteiger partial charge in [-0.3, -0.25) is 4.79 Å². The summed E-state index contributed by atoms with van der Waals surface area (Å²) in [6, 6.07) is 0. The molecule has 3 nitrogen and oxygen atoms in total. The molecule has 0 heterocycles. The van der Waals surface area contributed by atoms with Crippen molar-refractivity contribution in [3.05, 3.63) is 0 Å². The Morgan fingerprint density at radius 3 is 2.40 bits per heavy atom. The lowest BCUT2D eigenvalue weighted by Gasteiger charge is -2.50. The number of carbonyl (C=O) groups is 1. The number of nitrogens with one attached hydrogen (secondary N) is 1. The first-order chi connectivity index (χ1) is 6.93. The van der Waals surface area contributed by atoms with Crippen molar-refractivity contribution in [1.82, 2.24) is 5.32 Å². The summed E-state index contributed by atoms with van der Waals surface area (Å²) >= 11 is 0. The predicted molar refractivity (Wildman–Crippen MR) is 62.5 cm³/mol. The summed E-state index contributed by atoms with van der Waals surface area (Å²) in [5.74, 6) is -0.189. The third kappa shape index (κ3) is 2.51. The molecule has 1 amide bonds. The Morgan fingerprint density at radius 2 is 1.93 bits per heavy atom. The Labute approximate surface area is 92.8 Å². The van der Waals surface area contributed by atoms with Crippen LogP contribution in [-0.2, 0) is 4.79 Å². The molecule has 0 aromatic carbocycles. The van der Waals surface area contributed by atoms with Gasteiger partial charge in [-0.2, -0.15) is 0 Å². The molecule has 0 aliphatic heterocycles. The number of nitrogens with two attached hydrogens (primary N) is 1. The van der Waals surface area contributed by atoms with Crippen molar-refractivity contribution >= 4 is 5.91 Å². The number of hydrogen-bond acceptors (Lipinski definition) is 2. The summed E-state index contributed by atoms with van der Waals surface area (Å²) < 4.78 is 0. The van der Waals surface area contributed by atoms with E-state index in [9.17, 15) is 4.79 Å². The van der Waals surface area contributed by atoms with Crippen molar-refractivity contribution in [2.45, 2.75) is 58.4 Å². The van der Waals surface area contributed by atoms with Crippen LogP contribution in [0.4, 0.5) is 0 Å². The zero-order chi connectivity index (χ0) is 11.5. The van der Waals surface area contributed by atoms with Gasteiger partial charge >= 0.3 is 0 Å². The highest BCUT2D eigenvalue weighted by molar-refractivity contribution is 5.75. The van der Waals surface area contributed by atoms with Crippen molar-refractivity contribution < 1.29 is 4.79 Å². The number of primary amides is 1. The van der Waals surface area contributed by atoms with Crippen molar-refractivity contribution in [1.29, 1.82) is 0 Å². The van der Waals surface area contributed by atoms with Gasteiger partial charge in [0.25, 0.3) is 0 Å². The van der Waals surface area contributed by atoms with Crippen molar-refractivity contribution in [3.63, 3.8) is 0 Å². The molecule has 88 valence electrons. The van der Waals surface area contributed by atoms with Gasteiger partial charge in [0.05, 0.1) is 0 Å². The Kier molecular flexibility index (Phi) is 3.77. The Morgan fingerprint density at radius 1 is 1.33 bits per heavy atom. The molecule has 1 saturated carbocycles. The smallest absolute Gasteiger partial charge is 0.219 e. The van der Waals surface area contributed by atoms with Gasteiger partial charge in [-0.25, -0.2) is 0 Å². The molecule has 0 spiro atoms. The van der Waals surface area contributed by atoms with Gasteiger partial charge < -0.3 is 11.1 Å². The molecule has 3 N–H and O–H groups in total. The number of carbonyl (C=O) groups excluding carboxylic acids is 1. The van der Waals surface area contributed by atoms with Crippen LogP contribution in [0.2, 0.25) is 0 Å². The largest absolute Gasteiger partial charge is 0.370 e. The first-order valence-electron chi connectivity index (χ1n) is 5.97. The standard InChI is InChI=1S/C12H24N2O/c1-4-14-12(9-10(13)15)8-6-5-7-11(12,2)3/h14H,4-9H2,1-3H3,(H2,13,15). The number of hydrogen-bond donors (Lipinski definition) is 2. The lowest BCUT2D eigenvalue weighted by molar-refractivity contribution is -0.121. The van der Waals surface area contributed by atoms with Crippen molar-refractivity contribution in [2.75, 3.05) is 6.54 Å². The van der Waals surface area contributed by atoms with Crippen LogP contribution in [-0.4, -0.2) is 18.0 Å². The van der Waals surface area contributed by atoms with Crippen LogP contribution in [0.1, 0.15) is 52.9 Å². The van der Waals surface area contributed by atoms with E-state index in [1.54, 1.807) is 0 Å². The van der Waals surface area contributed by atoms with Gasteiger partial charge in [0.15, 0.2) is 0 Å². The average molecular weight is 212 g/mol. The fourth-order valence-electron chi connectivity index (χ4n) is 2.93. The van der Waals surface area contributed by atoms with Gasteiger partial charge in [-0.15, -0.1) is 0 Å². The minimum Gasteiger partial charge on any atom is -0.370 e. The summed E-state index contributed by atoms with van der Waals surface area (Å²) in [5, 5.41) is 3.52. The highest BCUT2D eigenvalue weighted by Gasteiger charge is 2.46. The molecule has 0 saturated heterocycles. The maximum atomic E-state index is 11.2. The quantitative estimate of drug-likeness (QED) is 0.746.